The molecule has 4 nitrogen and oxygen atoms in total. The van der Waals surface area contributed by atoms with E-state index in [4.69, 9.17) is 0 Å². The first-order valence-electron chi connectivity index (χ1n) is 6.80. The summed E-state index contributed by atoms with van der Waals surface area (Å²) in [5.41, 5.74) is -0.679. The number of thiazole rings is 1. The Balaban J connectivity index is 1.99. The van der Waals surface area contributed by atoms with Crippen LogP contribution < -0.4 is 5.32 Å². The van der Waals surface area contributed by atoms with Crippen molar-refractivity contribution in [2.24, 2.45) is 0 Å². The van der Waals surface area contributed by atoms with Crippen LogP contribution in [0.5, 0.6) is 0 Å². The molecule has 0 aromatic carbocycles. The molecule has 1 fully saturated rings. The molecule has 1 amide bonds. The molecule has 0 bridgehead atoms. The average Bonchev–Trinajstić information content (AvgIpc) is 3.05. The van der Waals surface area contributed by atoms with Crippen LogP contribution >= 0.6 is 23.1 Å². The number of nitrogens with zero attached hydrogens (tertiary/aromatic N) is 2. The third kappa shape index (κ3) is 4.08. The minimum Gasteiger partial charge on any atom is -0.333 e. The number of nitriles is 1. The van der Waals surface area contributed by atoms with Crippen molar-refractivity contribution >= 4 is 35.1 Å². The molecule has 1 aliphatic rings. The molecule has 0 spiro atoms. The topological polar surface area (TPSA) is 65.8 Å². The summed E-state index contributed by atoms with van der Waals surface area (Å²) in [7, 11) is 0. The third-order valence-electron chi connectivity index (χ3n) is 3.16. The smallest absolute Gasteiger partial charge is 0.245 e. The highest BCUT2D eigenvalue weighted by Crippen LogP contribution is 2.28. The molecule has 0 aliphatic carbocycles. The summed E-state index contributed by atoms with van der Waals surface area (Å²) in [6.07, 6.45) is 5.74. The number of hydrogen-bond donors (Lipinski definition) is 1. The summed E-state index contributed by atoms with van der Waals surface area (Å²) in [6.45, 7) is 6.33. The number of rotatable bonds is 3. The van der Waals surface area contributed by atoms with Gasteiger partial charge in [0.2, 0.25) is 5.91 Å². The Morgan fingerprint density at radius 3 is 2.86 bits per heavy atom. The molecule has 1 N–H and O–H groups in total. The first-order chi connectivity index (χ1) is 9.85. The Labute approximate surface area is 133 Å². The van der Waals surface area contributed by atoms with Crippen LogP contribution in [0.3, 0.4) is 0 Å². The SMILES string of the molecule is CC(C)(C)c1ncc(/C=C/C(=O)NC2(C#N)CCSC2)s1. The fraction of sp³-hybridized carbons (Fsp3) is 0.533. The maximum atomic E-state index is 12.0. The van der Waals surface area contributed by atoms with E-state index in [1.807, 2.05) is 0 Å². The van der Waals surface area contributed by atoms with Crippen LogP contribution in [-0.4, -0.2) is 27.9 Å². The van der Waals surface area contributed by atoms with Crippen molar-refractivity contribution in [1.82, 2.24) is 10.3 Å². The molecule has 1 saturated heterocycles. The second kappa shape index (κ2) is 6.20. The molecule has 0 radical (unpaired) electrons. The van der Waals surface area contributed by atoms with Gasteiger partial charge in [-0.3, -0.25) is 4.79 Å². The van der Waals surface area contributed by atoms with Gasteiger partial charge in [0.15, 0.2) is 0 Å². The van der Waals surface area contributed by atoms with Gasteiger partial charge in [-0.25, -0.2) is 4.98 Å². The van der Waals surface area contributed by atoms with Crippen LogP contribution in [0.1, 0.15) is 37.1 Å². The van der Waals surface area contributed by atoms with Gasteiger partial charge in [-0.05, 0) is 18.2 Å². The summed E-state index contributed by atoms with van der Waals surface area (Å²) in [4.78, 5) is 17.3. The molecular weight excluding hydrogens is 302 g/mol. The van der Waals surface area contributed by atoms with Crippen LogP contribution in [0.15, 0.2) is 12.3 Å². The summed E-state index contributed by atoms with van der Waals surface area (Å²) < 4.78 is 0. The predicted molar refractivity (Wildman–Crippen MR) is 88.3 cm³/mol. The third-order valence-corrected chi connectivity index (χ3v) is 5.74. The minimum absolute atomic E-state index is 0.0188. The maximum absolute atomic E-state index is 12.0. The first kappa shape index (κ1) is 16.1. The number of amides is 1. The molecule has 6 heteroatoms. The van der Waals surface area contributed by atoms with Crippen LogP contribution in [0.2, 0.25) is 0 Å². The number of aromatic nitrogens is 1. The highest BCUT2D eigenvalue weighted by atomic mass is 32.2. The number of carbonyl (C=O) groups is 1. The van der Waals surface area contributed by atoms with Crippen LogP contribution in [0.25, 0.3) is 6.08 Å². The molecule has 112 valence electrons. The van der Waals surface area contributed by atoms with Crippen molar-refractivity contribution in [2.45, 2.75) is 38.1 Å². The van der Waals surface area contributed by atoms with Crippen molar-refractivity contribution in [3.8, 4) is 6.07 Å². The van der Waals surface area contributed by atoms with Gasteiger partial charge in [0.1, 0.15) is 5.54 Å². The molecular formula is C15H19N3OS2. The van der Waals surface area contributed by atoms with Gasteiger partial charge in [0.05, 0.1) is 11.1 Å². The average molecular weight is 321 g/mol. The van der Waals surface area contributed by atoms with Gasteiger partial charge in [-0.1, -0.05) is 20.8 Å². The summed E-state index contributed by atoms with van der Waals surface area (Å²) in [5, 5.41) is 13.1. The van der Waals surface area contributed by atoms with Gasteiger partial charge >= 0.3 is 0 Å². The van der Waals surface area contributed by atoms with E-state index in [9.17, 15) is 10.1 Å². The van der Waals surface area contributed by atoms with Crippen LogP contribution in [0, 0.1) is 11.3 Å². The number of thioether (sulfide) groups is 1. The molecule has 0 saturated carbocycles. The van der Waals surface area contributed by atoms with Crippen molar-refractivity contribution in [3.05, 3.63) is 22.2 Å². The lowest BCUT2D eigenvalue weighted by atomic mass is 9.98. The molecule has 1 aromatic heterocycles. The number of nitrogens with one attached hydrogen (secondary N) is 1. The van der Waals surface area contributed by atoms with Crippen molar-refractivity contribution in [1.29, 1.82) is 5.26 Å². The summed E-state index contributed by atoms with van der Waals surface area (Å²) in [6, 6.07) is 2.23. The molecule has 1 unspecified atom stereocenters. The zero-order valence-electron chi connectivity index (χ0n) is 12.5. The van der Waals surface area contributed by atoms with Crippen LogP contribution in [-0.2, 0) is 10.2 Å². The van der Waals surface area contributed by atoms with E-state index in [2.05, 4.69) is 37.1 Å². The van der Waals surface area contributed by atoms with E-state index in [1.165, 1.54) is 6.08 Å². The number of hydrogen-bond acceptors (Lipinski definition) is 5. The lowest BCUT2D eigenvalue weighted by Crippen LogP contribution is -2.46. The van der Waals surface area contributed by atoms with Crippen LogP contribution in [0.4, 0.5) is 0 Å². The molecule has 21 heavy (non-hydrogen) atoms. The Hall–Kier alpha value is -1.32. The van der Waals surface area contributed by atoms with Gasteiger partial charge in [-0.15, -0.1) is 11.3 Å². The van der Waals surface area contributed by atoms with E-state index in [-0.39, 0.29) is 11.3 Å². The Morgan fingerprint density at radius 2 is 2.33 bits per heavy atom. The van der Waals surface area contributed by atoms with Crippen molar-refractivity contribution in [2.75, 3.05) is 11.5 Å². The van der Waals surface area contributed by atoms with E-state index in [0.29, 0.717) is 12.2 Å². The zero-order valence-corrected chi connectivity index (χ0v) is 14.1. The normalized spacial score (nSPS) is 22.4. The molecule has 1 atom stereocenters. The largest absolute Gasteiger partial charge is 0.333 e. The van der Waals surface area contributed by atoms with Crippen molar-refractivity contribution in [3.63, 3.8) is 0 Å². The van der Waals surface area contributed by atoms with Gasteiger partial charge in [0, 0.05) is 28.3 Å². The minimum atomic E-state index is -0.698. The monoisotopic (exact) mass is 321 g/mol. The molecule has 2 rings (SSSR count). The van der Waals surface area contributed by atoms with E-state index >= 15 is 0 Å². The second-order valence-electron chi connectivity index (χ2n) is 6.14. The maximum Gasteiger partial charge on any atom is 0.245 e. The Bertz CT molecular complexity index is 587. The lowest BCUT2D eigenvalue weighted by Gasteiger charge is -2.19. The second-order valence-corrected chi connectivity index (χ2v) is 8.30. The lowest BCUT2D eigenvalue weighted by molar-refractivity contribution is -0.117. The van der Waals surface area contributed by atoms with Crippen molar-refractivity contribution < 1.29 is 4.79 Å². The fourth-order valence-corrected chi connectivity index (χ4v) is 4.07. The standard InChI is InChI=1S/C15H19N3OS2/c1-14(2,3)13-17-8-11(21-13)4-5-12(19)18-15(9-16)6-7-20-10-15/h4-5,8H,6-7,10H2,1-3H3,(H,18,19)/b5-4+. The first-order valence-corrected chi connectivity index (χ1v) is 8.77. The van der Waals surface area contributed by atoms with E-state index in [1.54, 1.807) is 35.4 Å². The fourth-order valence-electron chi connectivity index (χ4n) is 1.93. The highest BCUT2D eigenvalue weighted by molar-refractivity contribution is 7.99. The highest BCUT2D eigenvalue weighted by Gasteiger charge is 2.35. The number of carbonyl (C=O) groups excluding carboxylic acids is 1. The zero-order chi connectivity index (χ0) is 15.5. The predicted octanol–water partition coefficient (Wildman–Crippen LogP) is 2.97. The molecule has 1 aliphatic heterocycles. The molecule has 2 heterocycles. The summed E-state index contributed by atoms with van der Waals surface area (Å²) in [5.74, 6) is 1.36. The van der Waals surface area contributed by atoms with Gasteiger partial charge < -0.3 is 5.32 Å². The van der Waals surface area contributed by atoms with Gasteiger partial charge in [-0.2, -0.15) is 17.0 Å². The quantitative estimate of drug-likeness (QED) is 0.869. The van der Waals surface area contributed by atoms with E-state index < -0.39 is 5.54 Å². The van der Waals surface area contributed by atoms with E-state index in [0.717, 1.165) is 15.6 Å². The van der Waals surface area contributed by atoms with Gasteiger partial charge in [0.25, 0.3) is 0 Å². The summed E-state index contributed by atoms with van der Waals surface area (Å²) >= 11 is 3.28. The Morgan fingerprint density at radius 1 is 1.57 bits per heavy atom. The molecule has 1 aromatic rings. The Kier molecular flexibility index (Phi) is 4.74.